The molecule has 0 bridgehead atoms. The molecule has 0 atom stereocenters. The van der Waals surface area contributed by atoms with Gasteiger partial charge in [0.2, 0.25) is 0 Å². The molecule has 2 fully saturated rings. The van der Waals surface area contributed by atoms with Crippen molar-refractivity contribution in [3.63, 3.8) is 0 Å². The zero-order valence-electron chi connectivity index (χ0n) is 11.7. The minimum absolute atomic E-state index is 0.651. The number of nitrogens with zero attached hydrogens (tertiary/aromatic N) is 2. The lowest BCUT2D eigenvalue weighted by Gasteiger charge is -2.35. The van der Waals surface area contributed by atoms with Crippen LogP contribution in [0.1, 0.15) is 24.0 Å². The van der Waals surface area contributed by atoms with Crippen molar-refractivity contribution in [1.82, 2.24) is 9.80 Å². The Hall–Kier alpha value is -0.900. The van der Waals surface area contributed by atoms with E-state index in [0.29, 0.717) is 6.54 Å². The van der Waals surface area contributed by atoms with E-state index in [1.54, 1.807) is 0 Å². The second-order valence-corrected chi connectivity index (χ2v) is 5.99. The zero-order valence-corrected chi connectivity index (χ0v) is 11.7. The first-order chi connectivity index (χ1) is 9.35. The van der Waals surface area contributed by atoms with Gasteiger partial charge in [-0.2, -0.15) is 0 Å². The van der Waals surface area contributed by atoms with Gasteiger partial charge in [0.05, 0.1) is 0 Å². The van der Waals surface area contributed by atoms with Crippen molar-refractivity contribution >= 4 is 0 Å². The number of piperazine rings is 1. The Morgan fingerprint density at radius 1 is 0.947 bits per heavy atom. The summed E-state index contributed by atoms with van der Waals surface area (Å²) in [6, 6.07) is 8.58. The molecule has 2 N–H and O–H groups in total. The quantitative estimate of drug-likeness (QED) is 0.873. The van der Waals surface area contributed by atoms with Crippen molar-refractivity contribution < 1.29 is 0 Å². The van der Waals surface area contributed by atoms with Crippen molar-refractivity contribution in [2.24, 2.45) is 11.7 Å². The fourth-order valence-electron chi connectivity index (χ4n) is 2.95. The molecule has 1 aromatic rings. The number of hydrogen-bond acceptors (Lipinski definition) is 3. The Morgan fingerprint density at radius 2 is 1.58 bits per heavy atom. The molecule has 19 heavy (non-hydrogen) atoms. The van der Waals surface area contributed by atoms with E-state index in [2.05, 4.69) is 34.1 Å². The van der Waals surface area contributed by atoms with E-state index in [0.717, 1.165) is 12.5 Å². The molecular weight excluding hydrogens is 234 g/mol. The van der Waals surface area contributed by atoms with E-state index in [9.17, 15) is 0 Å². The number of hydrogen-bond donors (Lipinski definition) is 1. The van der Waals surface area contributed by atoms with Gasteiger partial charge in [-0.1, -0.05) is 24.3 Å². The summed E-state index contributed by atoms with van der Waals surface area (Å²) in [5.41, 5.74) is 8.51. The summed E-state index contributed by atoms with van der Waals surface area (Å²) in [6.45, 7) is 7.93. The Kier molecular flexibility index (Phi) is 4.16. The van der Waals surface area contributed by atoms with E-state index >= 15 is 0 Å². The predicted octanol–water partition coefficient (Wildman–Crippen LogP) is 1.67. The molecule has 1 saturated heterocycles. The summed E-state index contributed by atoms with van der Waals surface area (Å²) >= 11 is 0. The third kappa shape index (κ3) is 3.56. The maximum Gasteiger partial charge on any atom is 0.0238 e. The average Bonchev–Trinajstić information content (AvgIpc) is 3.26. The Balaban J connectivity index is 1.50. The minimum atomic E-state index is 0.651. The van der Waals surface area contributed by atoms with Crippen LogP contribution in [0.5, 0.6) is 0 Å². The summed E-state index contributed by atoms with van der Waals surface area (Å²) < 4.78 is 0. The molecule has 0 aromatic heterocycles. The summed E-state index contributed by atoms with van der Waals surface area (Å²) in [5, 5.41) is 0. The van der Waals surface area contributed by atoms with Crippen LogP contribution in [0.25, 0.3) is 0 Å². The lowest BCUT2D eigenvalue weighted by Crippen LogP contribution is -2.46. The van der Waals surface area contributed by atoms with E-state index < -0.39 is 0 Å². The van der Waals surface area contributed by atoms with E-state index in [-0.39, 0.29) is 0 Å². The highest BCUT2D eigenvalue weighted by atomic mass is 15.3. The normalized spacial score (nSPS) is 21.7. The van der Waals surface area contributed by atoms with Gasteiger partial charge < -0.3 is 10.6 Å². The summed E-state index contributed by atoms with van der Waals surface area (Å²) in [7, 11) is 0. The van der Waals surface area contributed by atoms with Gasteiger partial charge in [0, 0.05) is 45.8 Å². The second kappa shape index (κ2) is 6.04. The third-order valence-corrected chi connectivity index (χ3v) is 4.41. The number of nitrogens with two attached hydrogens (primary N) is 1. The maximum atomic E-state index is 5.81. The SMILES string of the molecule is NCc1ccccc1CN1CCN(CC2CC2)CC1. The predicted molar refractivity (Wildman–Crippen MR) is 78.8 cm³/mol. The molecule has 1 aliphatic heterocycles. The van der Waals surface area contributed by atoms with Gasteiger partial charge in [0.1, 0.15) is 0 Å². The molecule has 1 heterocycles. The molecule has 0 amide bonds. The van der Waals surface area contributed by atoms with Gasteiger partial charge in [-0.05, 0) is 29.9 Å². The molecule has 3 heteroatoms. The monoisotopic (exact) mass is 259 g/mol. The first-order valence-corrected chi connectivity index (χ1v) is 7.56. The molecule has 3 nitrogen and oxygen atoms in total. The second-order valence-electron chi connectivity index (χ2n) is 5.99. The molecular formula is C16H25N3. The topological polar surface area (TPSA) is 32.5 Å². The molecule has 2 aliphatic rings. The largest absolute Gasteiger partial charge is 0.326 e. The molecule has 0 radical (unpaired) electrons. The van der Waals surface area contributed by atoms with Crippen LogP contribution < -0.4 is 5.73 Å². The van der Waals surface area contributed by atoms with Gasteiger partial charge in [-0.15, -0.1) is 0 Å². The third-order valence-electron chi connectivity index (χ3n) is 4.41. The molecule has 1 saturated carbocycles. The molecule has 104 valence electrons. The highest BCUT2D eigenvalue weighted by Crippen LogP contribution is 2.30. The molecule has 0 spiro atoms. The van der Waals surface area contributed by atoms with Crippen molar-refractivity contribution in [1.29, 1.82) is 0 Å². The lowest BCUT2D eigenvalue weighted by atomic mass is 10.1. The van der Waals surface area contributed by atoms with E-state index in [1.165, 1.54) is 56.7 Å². The lowest BCUT2D eigenvalue weighted by molar-refractivity contribution is 0.123. The maximum absolute atomic E-state index is 5.81. The van der Waals surface area contributed by atoms with E-state index in [1.807, 2.05) is 0 Å². The number of benzene rings is 1. The zero-order chi connectivity index (χ0) is 13.1. The van der Waals surface area contributed by atoms with Crippen LogP contribution >= 0.6 is 0 Å². The van der Waals surface area contributed by atoms with Crippen LogP contribution in [0, 0.1) is 5.92 Å². The van der Waals surface area contributed by atoms with Crippen LogP contribution in [-0.4, -0.2) is 42.5 Å². The van der Waals surface area contributed by atoms with Crippen LogP contribution in [0.3, 0.4) is 0 Å². The van der Waals surface area contributed by atoms with Crippen LogP contribution in [0.15, 0.2) is 24.3 Å². The highest BCUT2D eigenvalue weighted by Gasteiger charge is 2.26. The smallest absolute Gasteiger partial charge is 0.0238 e. The molecule has 1 aliphatic carbocycles. The van der Waals surface area contributed by atoms with E-state index in [4.69, 9.17) is 5.73 Å². The summed E-state index contributed by atoms with van der Waals surface area (Å²) in [4.78, 5) is 5.21. The molecule has 3 rings (SSSR count). The van der Waals surface area contributed by atoms with Gasteiger partial charge >= 0.3 is 0 Å². The molecule has 1 aromatic carbocycles. The van der Waals surface area contributed by atoms with Gasteiger partial charge in [-0.25, -0.2) is 0 Å². The average molecular weight is 259 g/mol. The molecule has 0 unspecified atom stereocenters. The summed E-state index contributed by atoms with van der Waals surface area (Å²) in [5.74, 6) is 1.02. The first kappa shape index (κ1) is 13.1. The van der Waals surface area contributed by atoms with Crippen LogP contribution in [0.2, 0.25) is 0 Å². The van der Waals surface area contributed by atoms with Gasteiger partial charge in [0.25, 0.3) is 0 Å². The van der Waals surface area contributed by atoms with Gasteiger partial charge in [0.15, 0.2) is 0 Å². The highest BCUT2D eigenvalue weighted by molar-refractivity contribution is 5.26. The van der Waals surface area contributed by atoms with Crippen molar-refractivity contribution in [3.8, 4) is 0 Å². The first-order valence-electron chi connectivity index (χ1n) is 7.56. The fourth-order valence-corrected chi connectivity index (χ4v) is 2.95. The Bertz CT molecular complexity index is 406. The fraction of sp³-hybridized carbons (Fsp3) is 0.625. The van der Waals surface area contributed by atoms with Crippen LogP contribution in [0.4, 0.5) is 0 Å². The van der Waals surface area contributed by atoms with Crippen LogP contribution in [-0.2, 0) is 13.1 Å². The number of rotatable bonds is 5. The van der Waals surface area contributed by atoms with Crippen molar-refractivity contribution in [3.05, 3.63) is 35.4 Å². The standard InChI is InChI=1S/C16H25N3/c17-11-15-3-1-2-4-16(15)13-19-9-7-18(8-10-19)12-14-5-6-14/h1-4,14H,5-13,17H2. The van der Waals surface area contributed by atoms with Crippen molar-refractivity contribution in [2.45, 2.75) is 25.9 Å². The minimum Gasteiger partial charge on any atom is -0.326 e. The van der Waals surface area contributed by atoms with Gasteiger partial charge in [-0.3, -0.25) is 4.90 Å². The Labute approximate surface area is 116 Å². The van der Waals surface area contributed by atoms with Crippen molar-refractivity contribution in [2.75, 3.05) is 32.7 Å². The Morgan fingerprint density at radius 3 is 2.21 bits per heavy atom. The summed E-state index contributed by atoms with van der Waals surface area (Å²) in [6.07, 6.45) is 2.92.